The zero-order valence-electron chi connectivity index (χ0n) is 13.7. The first-order valence-electron chi connectivity index (χ1n) is 8.56. The number of hydrogen-bond acceptors (Lipinski definition) is 0. The van der Waals surface area contributed by atoms with Gasteiger partial charge in [-0.05, 0) is 62.0 Å². The van der Waals surface area contributed by atoms with E-state index in [1.165, 1.54) is 11.1 Å². The van der Waals surface area contributed by atoms with Crippen LogP contribution in [0, 0.1) is 5.92 Å². The zero-order chi connectivity index (χ0) is 16.7. The zero-order valence-corrected chi connectivity index (χ0v) is 13.7. The van der Waals surface area contributed by atoms with Gasteiger partial charge in [-0.25, -0.2) is 4.39 Å². The molecule has 126 valence electrons. The summed E-state index contributed by atoms with van der Waals surface area (Å²) in [6.07, 6.45) is 8.00. The molecule has 23 heavy (non-hydrogen) atoms. The van der Waals surface area contributed by atoms with Crippen LogP contribution in [0.15, 0.2) is 48.3 Å². The van der Waals surface area contributed by atoms with Gasteiger partial charge in [-0.15, -0.1) is 0 Å². The number of aryl methyl sites for hydroxylation is 1. The summed E-state index contributed by atoms with van der Waals surface area (Å²) in [7, 11) is 0. The van der Waals surface area contributed by atoms with Crippen LogP contribution in [0.3, 0.4) is 0 Å². The molecule has 0 unspecified atom stereocenters. The summed E-state index contributed by atoms with van der Waals surface area (Å²) >= 11 is 0. The maximum absolute atomic E-state index is 13.3. The smallest absolute Gasteiger partial charge is 0.206 e. The van der Waals surface area contributed by atoms with Crippen LogP contribution in [-0.4, -0.2) is 0 Å². The first kappa shape index (κ1) is 17.8. The molecule has 0 heterocycles. The third-order valence-electron chi connectivity index (χ3n) is 4.72. The molecule has 0 radical (unpaired) electrons. The molecular formula is C20H25F3. The van der Waals surface area contributed by atoms with Crippen LogP contribution in [0.4, 0.5) is 13.2 Å². The molecule has 1 aromatic carbocycles. The lowest BCUT2D eigenvalue weighted by atomic mass is 9.78. The number of hydrogen-bond donors (Lipinski definition) is 0. The molecule has 0 N–H and O–H groups in total. The van der Waals surface area contributed by atoms with Gasteiger partial charge in [0.05, 0.1) is 0 Å². The minimum atomic E-state index is -2.14. The van der Waals surface area contributed by atoms with Crippen LogP contribution in [0.5, 0.6) is 0 Å². The highest BCUT2D eigenvalue weighted by Gasteiger charge is 2.27. The van der Waals surface area contributed by atoms with Crippen molar-refractivity contribution in [2.75, 3.05) is 0 Å². The minimum absolute atomic E-state index is 0.371. The van der Waals surface area contributed by atoms with Gasteiger partial charge >= 0.3 is 6.08 Å². The van der Waals surface area contributed by atoms with Gasteiger partial charge in [0.1, 0.15) is 0 Å². The quantitative estimate of drug-likeness (QED) is 0.498. The Kier molecular flexibility index (Phi) is 6.94. The van der Waals surface area contributed by atoms with Crippen molar-refractivity contribution in [1.29, 1.82) is 0 Å². The fraction of sp³-hybridized carbons (Fsp3) is 0.500. The van der Waals surface area contributed by atoms with E-state index in [1.54, 1.807) is 0 Å². The molecule has 1 aromatic rings. The van der Waals surface area contributed by atoms with Crippen molar-refractivity contribution in [2.24, 2.45) is 5.92 Å². The Hall–Kier alpha value is -1.51. The van der Waals surface area contributed by atoms with E-state index in [1.807, 2.05) is 0 Å². The molecule has 0 atom stereocenters. The molecular weight excluding hydrogens is 297 g/mol. The van der Waals surface area contributed by atoms with Gasteiger partial charge < -0.3 is 0 Å². The van der Waals surface area contributed by atoms with Gasteiger partial charge in [-0.3, -0.25) is 0 Å². The van der Waals surface area contributed by atoms with E-state index in [-0.39, 0.29) is 0 Å². The summed E-state index contributed by atoms with van der Waals surface area (Å²) in [6, 6.07) is 8.60. The molecule has 0 amide bonds. The summed E-state index contributed by atoms with van der Waals surface area (Å²) in [6.45, 7) is 2.13. The second-order valence-electron chi connectivity index (χ2n) is 6.32. The largest absolute Gasteiger partial charge is 0.301 e. The van der Waals surface area contributed by atoms with Crippen molar-refractivity contribution in [3.05, 3.63) is 59.5 Å². The normalized spacial score (nSPS) is 21.6. The molecule has 0 saturated heterocycles. The van der Waals surface area contributed by atoms with Gasteiger partial charge in [0.2, 0.25) is 0 Å². The highest BCUT2D eigenvalue weighted by atomic mass is 19.3. The van der Waals surface area contributed by atoms with Crippen molar-refractivity contribution in [2.45, 2.75) is 57.8 Å². The average Bonchev–Trinajstić information content (AvgIpc) is 2.59. The standard InChI is InChI=1S/C20H25F3/c1-2-3-4-5-6-15-7-9-16(10-8-15)17-11-13-18(14-12-17)19(21)20(22)23/h3-4,7-10,17-18H,2,5-6,11-14H2,1H3/b4-3+. The fourth-order valence-electron chi connectivity index (χ4n) is 3.33. The second-order valence-corrected chi connectivity index (χ2v) is 6.32. The lowest BCUT2D eigenvalue weighted by Crippen LogP contribution is -2.14. The van der Waals surface area contributed by atoms with Gasteiger partial charge in [0, 0.05) is 5.92 Å². The maximum Gasteiger partial charge on any atom is 0.301 e. The Bertz CT molecular complexity index is 531. The van der Waals surface area contributed by atoms with Crippen molar-refractivity contribution in [3.63, 3.8) is 0 Å². The predicted molar refractivity (Wildman–Crippen MR) is 89.2 cm³/mol. The Balaban J connectivity index is 1.87. The Morgan fingerprint density at radius 1 is 1.00 bits per heavy atom. The Labute approximate surface area is 137 Å². The molecule has 2 rings (SSSR count). The molecule has 1 fully saturated rings. The molecule has 0 bridgehead atoms. The van der Waals surface area contributed by atoms with E-state index in [4.69, 9.17) is 0 Å². The molecule has 3 heteroatoms. The van der Waals surface area contributed by atoms with Gasteiger partial charge in [-0.2, -0.15) is 8.78 Å². The highest BCUT2D eigenvalue weighted by Crippen LogP contribution is 2.40. The SMILES string of the molecule is CC/C=C/CCc1ccc(C2CCC(C(F)=C(F)F)CC2)cc1. The number of benzene rings is 1. The summed E-state index contributed by atoms with van der Waals surface area (Å²) in [5.74, 6) is -1.41. The van der Waals surface area contributed by atoms with Crippen LogP contribution in [0.2, 0.25) is 0 Å². The average molecular weight is 322 g/mol. The third kappa shape index (κ3) is 5.26. The monoisotopic (exact) mass is 322 g/mol. The molecule has 0 aromatic heterocycles. The first-order valence-corrected chi connectivity index (χ1v) is 8.56. The van der Waals surface area contributed by atoms with Crippen LogP contribution >= 0.6 is 0 Å². The Morgan fingerprint density at radius 2 is 1.65 bits per heavy atom. The second kappa shape index (κ2) is 8.95. The van der Waals surface area contributed by atoms with E-state index >= 15 is 0 Å². The van der Waals surface area contributed by atoms with Gasteiger partial charge in [0.15, 0.2) is 5.83 Å². The molecule has 0 spiro atoms. The summed E-state index contributed by atoms with van der Waals surface area (Å²) in [4.78, 5) is 0. The molecule has 0 aliphatic heterocycles. The third-order valence-corrected chi connectivity index (χ3v) is 4.72. The van der Waals surface area contributed by atoms with Crippen molar-refractivity contribution < 1.29 is 13.2 Å². The van der Waals surface area contributed by atoms with Crippen LogP contribution in [0.1, 0.15) is 62.5 Å². The summed E-state index contributed by atoms with van der Waals surface area (Å²) in [5, 5.41) is 0. The lowest BCUT2D eigenvalue weighted by molar-refractivity contribution is 0.281. The van der Waals surface area contributed by atoms with Crippen LogP contribution < -0.4 is 0 Å². The van der Waals surface area contributed by atoms with Crippen LogP contribution in [-0.2, 0) is 6.42 Å². The summed E-state index contributed by atoms with van der Waals surface area (Å²) < 4.78 is 37.9. The predicted octanol–water partition coefficient (Wildman–Crippen LogP) is 6.94. The topological polar surface area (TPSA) is 0 Å². The van der Waals surface area contributed by atoms with Gasteiger partial charge in [0.25, 0.3) is 0 Å². The molecule has 0 nitrogen and oxygen atoms in total. The minimum Gasteiger partial charge on any atom is -0.206 e. The van der Waals surface area contributed by atoms with Crippen molar-refractivity contribution in [1.82, 2.24) is 0 Å². The highest BCUT2D eigenvalue weighted by molar-refractivity contribution is 5.26. The van der Waals surface area contributed by atoms with E-state index in [9.17, 15) is 13.2 Å². The Morgan fingerprint density at radius 3 is 2.22 bits per heavy atom. The van der Waals surface area contributed by atoms with E-state index in [2.05, 4.69) is 43.3 Å². The molecule has 1 aliphatic carbocycles. The number of halogens is 3. The van der Waals surface area contributed by atoms with E-state index < -0.39 is 17.8 Å². The fourth-order valence-corrected chi connectivity index (χ4v) is 3.33. The first-order chi connectivity index (χ1) is 11.1. The maximum atomic E-state index is 13.3. The number of rotatable bonds is 6. The van der Waals surface area contributed by atoms with Crippen LogP contribution in [0.25, 0.3) is 0 Å². The van der Waals surface area contributed by atoms with E-state index in [0.717, 1.165) is 32.1 Å². The van der Waals surface area contributed by atoms with Crippen molar-refractivity contribution >= 4 is 0 Å². The summed E-state index contributed by atoms with van der Waals surface area (Å²) in [5.41, 5.74) is 2.57. The molecule has 1 saturated carbocycles. The van der Waals surface area contributed by atoms with E-state index in [0.29, 0.717) is 18.8 Å². The molecule has 1 aliphatic rings. The van der Waals surface area contributed by atoms with Gasteiger partial charge in [-0.1, -0.05) is 43.3 Å². The number of allylic oxidation sites excluding steroid dienone is 3. The van der Waals surface area contributed by atoms with Crippen molar-refractivity contribution in [3.8, 4) is 0 Å². The lowest BCUT2D eigenvalue weighted by Gasteiger charge is -2.27.